The molecule has 1 fully saturated rings. The van der Waals surface area contributed by atoms with Gasteiger partial charge in [0.25, 0.3) is 5.91 Å². The third-order valence-corrected chi connectivity index (χ3v) is 4.13. The molecule has 3 rings (SSSR count). The highest BCUT2D eigenvalue weighted by Crippen LogP contribution is 2.33. The maximum atomic E-state index is 12.2. The molecule has 2 aliphatic rings. The summed E-state index contributed by atoms with van der Waals surface area (Å²) in [4.78, 5) is 23.8. The average molecular weight is 307 g/mol. The van der Waals surface area contributed by atoms with Crippen molar-refractivity contribution in [1.82, 2.24) is 5.32 Å². The number of carbonyl (C=O) groups is 2. The predicted octanol–water partition coefficient (Wildman–Crippen LogP) is 1.03. The summed E-state index contributed by atoms with van der Waals surface area (Å²) in [5.74, 6) is -0.109. The molecule has 0 radical (unpaired) electrons. The Hall–Kier alpha value is -2.28. The zero-order chi connectivity index (χ0) is 15.6. The van der Waals surface area contributed by atoms with Crippen LogP contribution in [-0.2, 0) is 9.53 Å². The largest absolute Gasteiger partial charge is 0.481 e. The Morgan fingerprint density at radius 2 is 1.91 bits per heavy atom. The molecule has 0 aromatic heterocycles. The Balaban J connectivity index is 1.67. The van der Waals surface area contributed by atoms with Crippen LogP contribution in [0.5, 0.6) is 11.5 Å². The lowest BCUT2D eigenvalue weighted by Crippen LogP contribution is -2.46. The summed E-state index contributed by atoms with van der Waals surface area (Å²) in [6.07, 6.45) is 0.785. The Morgan fingerprint density at radius 3 is 2.64 bits per heavy atom. The Kier molecular flexibility index (Phi) is 3.89. The molecule has 1 amide bonds. The van der Waals surface area contributed by atoms with Crippen molar-refractivity contribution in [2.45, 2.75) is 12.8 Å². The topological polar surface area (TPSA) is 94.1 Å². The Morgan fingerprint density at radius 1 is 1.18 bits per heavy atom. The molecule has 2 heterocycles. The van der Waals surface area contributed by atoms with Crippen molar-refractivity contribution in [3.05, 3.63) is 23.8 Å². The van der Waals surface area contributed by atoms with Crippen LogP contribution in [0.1, 0.15) is 23.2 Å². The van der Waals surface area contributed by atoms with E-state index in [0.717, 1.165) is 0 Å². The fraction of sp³-hybridized carbons (Fsp3) is 0.467. The van der Waals surface area contributed by atoms with Gasteiger partial charge < -0.3 is 24.6 Å². The van der Waals surface area contributed by atoms with Crippen LogP contribution in [0, 0.1) is 5.41 Å². The minimum absolute atomic E-state index is 0.0823. The number of carboxylic acids is 1. The quantitative estimate of drug-likeness (QED) is 0.863. The molecule has 0 saturated carbocycles. The highest BCUT2D eigenvalue weighted by Gasteiger charge is 2.40. The fourth-order valence-corrected chi connectivity index (χ4v) is 2.62. The van der Waals surface area contributed by atoms with E-state index in [1.165, 1.54) is 0 Å². The molecule has 0 bridgehead atoms. The van der Waals surface area contributed by atoms with E-state index in [9.17, 15) is 14.7 Å². The second kappa shape index (κ2) is 5.84. The zero-order valence-electron chi connectivity index (χ0n) is 12.0. The van der Waals surface area contributed by atoms with Crippen molar-refractivity contribution in [2.24, 2.45) is 5.41 Å². The van der Waals surface area contributed by atoms with Crippen LogP contribution in [0.3, 0.4) is 0 Å². The van der Waals surface area contributed by atoms with Crippen molar-refractivity contribution in [3.8, 4) is 11.5 Å². The number of hydrogen-bond donors (Lipinski definition) is 2. The summed E-state index contributed by atoms with van der Waals surface area (Å²) in [5, 5.41) is 12.2. The summed E-state index contributed by atoms with van der Waals surface area (Å²) >= 11 is 0. The molecule has 0 unspecified atom stereocenters. The zero-order valence-corrected chi connectivity index (χ0v) is 12.0. The van der Waals surface area contributed by atoms with E-state index in [-0.39, 0.29) is 19.2 Å². The van der Waals surface area contributed by atoms with Gasteiger partial charge in [0.05, 0.1) is 5.41 Å². The molecule has 1 aromatic carbocycles. The minimum atomic E-state index is -0.954. The molecule has 7 heteroatoms. The second-order valence-corrected chi connectivity index (χ2v) is 5.45. The average Bonchev–Trinajstić information content (AvgIpc) is 3.01. The third-order valence-electron chi connectivity index (χ3n) is 4.13. The molecular formula is C15H17NO6. The number of carboxylic acid groups (broad SMARTS) is 1. The number of carbonyl (C=O) groups excluding carboxylic acids is 1. The smallest absolute Gasteiger partial charge is 0.311 e. The van der Waals surface area contributed by atoms with Crippen LogP contribution in [0.4, 0.5) is 0 Å². The molecule has 1 aromatic rings. The Bertz CT molecular complexity index is 594. The van der Waals surface area contributed by atoms with E-state index in [1.54, 1.807) is 18.2 Å². The van der Waals surface area contributed by atoms with Crippen molar-refractivity contribution in [2.75, 3.05) is 26.6 Å². The number of hydrogen-bond acceptors (Lipinski definition) is 5. The molecule has 0 spiro atoms. The third kappa shape index (κ3) is 2.71. The standard InChI is InChI=1S/C15H17NO6/c17-13(10-1-2-11-12(7-10)22-9-21-11)16-8-15(14(18)19)3-5-20-6-4-15/h1-2,7H,3-6,8-9H2,(H,16,17)(H,18,19). The summed E-state index contributed by atoms with van der Waals surface area (Å²) < 4.78 is 15.6. The number of nitrogens with one attached hydrogen (secondary N) is 1. The SMILES string of the molecule is O=C(NCC1(C(=O)O)CCOCC1)c1ccc2c(c1)OCO2. The number of ether oxygens (including phenoxy) is 3. The summed E-state index contributed by atoms with van der Waals surface area (Å²) in [6.45, 7) is 1.01. The van der Waals surface area contributed by atoms with Crippen LogP contribution in [0.15, 0.2) is 18.2 Å². The first-order chi connectivity index (χ1) is 10.6. The predicted molar refractivity (Wildman–Crippen MR) is 75.0 cm³/mol. The van der Waals surface area contributed by atoms with E-state index in [1.807, 2.05) is 0 Å². The Labute approximate surface area is 127 Å². The first-order valence-corrected chi connectivity index (χ1v) is 7.10. The van der Waals surface area contributed by atoms with Crippen LogP contribution in [-0.4, -0.2) is 43.5 Å². The van der Waals surface area contributed by atoms with E-state index in [2.05, 4.69) is 5.32 Å². The number of rotatable bonds is 4. The molecule has 0 aliphatic carbocycles. The van der Waals surface area contributed by atoms with Crippen LogP contribution in [0.25, 0.3) is 0 Å². The van der Waals surface area contributed by atoms with Gasteiger partial charge in [0.1, 0.15) is 0 Å². The lowest BCUT2D eigenvalue weighted by Gasteiger charge is -2.33. The van der Waals surface area contributed by atoms with Crippen LogP contribution < -0.4 is 14.8 Å². The van der Waals surface area contributed by atoms with Crippen molar-refractivity contribution >= 4 is 11.9 Å². The van der Waals surface area contributed by atoms with Crippen molar-refractivity contribution < 1.29 is 28.9 Å². The molecular weight excluding hydrogens is 290 g/mol. The normalized spacial score (nSPS) is 18.7. The maximum absolute atomic E-state index is 12.2. The number of fused-ring (bicyclic) bond motifs is 1. The molecule has 1 saturated heterocycles. The van der Waals surface area contributed by atoms with Gasteiger partial charge in [0.15, 0.2) is 11.5 Å². The van der Waals surface area contributed by atoms with Crippen LogP contribution >= 0.6 is 0 Å². The van der Waals surface area contributed by atoms with Gasteiger partial charge in [-0.25, -0.2) is 0 Å². The fourth-order valence-electron chi connectivity index (χ4n) is 2.62. The summed E-state index contributed by atoms with van der Waals surface area (Å²) in [7, 11) is 0. The molecule has 2 aliphatic heterocycles. The van der Waals surface area contributed by atoms with Crippen LogP contribution in [0.2, 0.25) is 0 Å². The monoisotopic (exact) mass is 307 g/mol. The summed E-state index contributed by atoms with van der Waals surface area (Å²) in [6, 6.07) is 4.88. The maximum Gasteiger partial charge on any atom is 0.311 e. The van der Waals surface area contributed by atoms with Gasteiger partial charge in [-0.2, -0.15) is 0 Å². The lowest BCUT2D eigenvalue weighted by molar-refractivity contribution is -0.154. The number of benzene rings is 1. The van der Waals surface area contributed by atoms with Crippen molar-refractivity contribution in [3.63, 3.8) is 0 Å². The number of aliphatic carboxylic acids is 1. The summed E-state index contributed by atoms with van der Waals surface area (Å²) in [5.41, 5.74) is -0.540. The lowest BCUT2D eigenvalue weighted by atomic mass is 9.80. The van der Waals surface area contributed by atoms with E-state index < -0.39 is 11.4 Å². The molecule has 118 valence electrons. The van der Waals surface area contributed by atoms with E-state index in [4.69, 9.17) is 14.2 Å². The van der Waals surface area contributed by atoms with Crippen molar-refractivity contribution in [1.29, 1.82) is 0 Å². The van der Waals surface area contributed by atoms with E-state index >= 15 is 0 Å². The minimum Gasteiger partial charge on any atom is -0.481 e. The second-order valence-electron chi connectivity index (χ2n) is 5.45. The van der Waals surface area contributed by atoms with Gasteiger partial charge in [0, 0.05) is 25.3 Å². The van der Waals surface area contributed by atoms with Gasteiger partial charge in [-0.1, -0.05) is 0 Å². The van der Waals surface area contributed by atoms with Gasteiger partial charge in [-0.3, -0.25) is 9.59 Å². The highest BCUT2D eigenvalue weighted by molar-refractivity contribution is 5.95. The van der Waals surface area contributed by atoms with Gasteiger partial charge in [-0.05, 0) is 31.0 Å². The molecule has 7 nitrogen and oxygen atoms in total. The van der Waals surface area contributed by atoms with E-state index in [0.29, 0.717) is 43.1 Å². The van der Waals surface area contributed by atoms with Gasteiger partial charge >= 0.3 is 5.97 Å². The van der Waals surface area contributed by atoms with Gasteiger partial charge in [0.2, 0.25) is 6.79 Å². The first-order valence-electron chi connectivity index (χ1n) is 7.10. The van der Waals surface area contributed by atoms with Gasteiger partial charge in [-0.15, -0.1) is 0 Å². The molecule has 22 heavy (non-hydrogen) atoms. The number of amides is 1. The molecule has 0 atom stereocenters. The molecule has 2 N–H and O–H groups in total. The first kappa shape index (κ1) is 14.6. The highest BCUT2D eigenvalue weighted by atomic mass is 16.7.